The number of nitrogens with zero attached hydrogens (tertiary/aromatic N) is 2. The van der Waals surface area contributed by atoms with Crippen LogP contribution in [0.5, 0.6) is 0 Å². The van der Waals surface area contributed by atoms with E-state index < -0.39 is 82.6 Å². The molecule has 0 spiro atoms. The minimum atomic E-state index is -1.06. The molecule has 0 bridgehead atoms. The third-order valence-electron chi connectivity index (χ3n) is 12.4. The molecule has 2 saturated heterocycles. The maximum Gasteiger partial charge on any atom is 0.408 e. The van der Waals surface area contributed by atoms with Crippen molar-refractivity contribution in [3.05, 3.63) is 83.9 Å². The molecule has 5 N–H and O–H groups in total. The van der Waals surface area contributed by atoms with Gasteiger partial charge in [0.1, 0.15) is 30.3 Å². The van der Waals surface area contributed by atoms with Crippen LogP contribution in [0.2, 0.25) is 0 Å². The summed E-state index contributed by atoms with van der Waals surface area (Å²) in [5, 5.41) is 28.8. The summed E-state index contributed by atoms with van der Waals surface area (Å²) in [6.45, 7) is 21.0. The zero-order chi connectivity index (χ0) is 51.1. The second-order valence-corrected chi connectivity index (χ2v) is 21.7. The molecule has 0 aliphatic carbocycles. The number of piperidine rings is 1. The van der Waals surface area contributed by atoms with Crippen molar-refractivity contribution in [1.82, 2.24) is 36.5 Å². The Morgan fingerprint density at radius 1 is 0.797 bits per heavy atom. The number of nitrogens with one attached hydrogen (secondary N) is 5. The quantitative estimate of drug-likeness (QED) is 0.0636. The predicted molar refractivity (Wildman–Crippen MR) is 265 cm³/mol. The van der Waals surface area contributed by atoms with E-state index in [4.69, 9.17) is 9.47 Å². The van der Waals surface area contributed by atoms with Crippen LogP contribution in [-0.4, -0.2) is 106 Å². The molecular formula is C53H80N7O9. The summed E-state index contributed by atoms with van der Waals surface area (Å²) < 4.78 is 10.9. The van der Waals surface area contributed by atoms with E-state index in [9.17, 15) is 34.0 Å². The summed E-state index contributed by atoms with van der Waals surface area (Å²) in [4.78, 5) is 84.3. The van der Waals surface area contributed by atoms with E-state index in [1.807, 2.05) is 114 Å². The van der Waals surface area contributed by atoms with Gasteiger partial charge in [-0.2, -0.15) is 0 Å². The van der Waals surface area contributed by atoms with Crippen molar-refractivity contribution in [2.24, 2.45) is 17.8 Å². The van der Waals surface area contributed by atoms with E-state index in [0.29, 0.717) is 51.5 Å². The number of alkyl carbamates (subject to hydrolysis) is 2. The van der Waals surface area contributed by atoms with Gasteiger partial charge >= 0.3 is 12.2 Å². The van der Waals surface area contributed by atoms with Crippen LogP contribution in [0.1, 0.15) is 132 Å². The number of hydrogen-bond donors (Lipinski definition) is 5. The van der Waals surface area contributed by atoms with Crippen molar-refractivity contribution in [3.63, 3.8) is 0 Å². The molecule has 4 rings (SSSR count). The van der Waals surface area contributed by atoms with Crippen LogP contribution in [0.3, 0.4) is 0 Å². The van der Waals surface area contributed by atoms with Crippen LogP contribution >= 0.6 is 0 Å². The minimum absolute atomic E-state index is 0.0942. The summed E-state index contributed by atoms with van der Waals surface area (Å²) in [6, 6.07) is 15.1. The normalized spacial score (nSPS) is 19.0. The molecule has 2 heterocycles. The topological polar surface area (TPSA) is 207 Å². The lowest BCUT2D eigenvalue weighted by molar-refractivity contribution is -0.290. The largest absolute Gasteiger partial charge is 0.445 e. The molecule has 2 aromatic rings. The summed E-state index contributed by atoms with van der Waals surface area (Å²) in [5.41, 5.74) is -0.429. The first-order chi connectivity index (χ1) is 32.3. The average Bonchev–Trinajstić information content (AvgIpc) is 3.76. The smallest absolute Gasteiger partial charge is 0.408 e. The number of carbonyl (C=O) groups is 6. The molecule has 0 unspecified atom stereocenters. The number of rotatable bonds is 21. The Bertz CT molecular complexity index is 2020. The van der Waals surface area contributed by atoms with Crippen molar-refractivity contribution in [1.29, 1.82) is 0 Å². The minimum Gasteiger partial charge on any atom is -0.445 e. The van der Waals surface area contributed by atoms with E-state index in [2.05, 4.69) is 26.6 Å². The second kappa shape index (κ2) is 25.4. The molecule has 2 aliphatic rings. The Morgan fingerprint density at radius 2 is 1.41 bits per heavy atom. The van der Waals surface area contributed by atoms with Crippen LogP contribution in [0.4, 0.5) is 9.59 Å². The number of likely N-dealkylation sites (tertiary alicyclic amines) is 1. The average molecular weight is 959 g/mol. The van der Waals surface area contributed by atoms with Gasteiger partial charge in [-0.05, 0) is 123 Å². The van der Waals surface area contributed by atoms with Gasteiger partial charge in [0.05, 0.1) is 12.0 Å². The van der Waals surface area contributed by atoms with Crippen LogP contribution in [-0.2, 0) is 46.9 Å². The lowest BCUT2D eigenvalue weighted by atomic mass is 9.79. The first-order valence-corrected chi connectivity index (χ1v) is 24.7. The van der Waals surface area contributed by atoms with Gasteiger partial charge < -0.3 is 41.0 Å². The molecule has 0 aromatic heterocycles. The molecular weight excluding hydrogens is 879 g/mol. The summed E-state index contributed by atoms with van der Waals surface area (Å²) in [7, 11) is 0. The van der Waals surface area contributed by atoms with Crippen LogP contribution in [0.15, 0.2) is 72.8 Å². The lowest BCUT2D eigenvalue weighted by Crippen LogP contribution is -2.64. The van der Waals surface area contributed by atoms with E-state index in [0.717, 1.165) is 16.2 Å². The van der Waals surface area contributed by atoms with Gasteiger partial charge in [-0.15, -0.1) is 10.3 Å². The first-order valence-electron chi connectivity index (χ1n) is 24.7. The third kappa shape index (κ3) is 18.1. The molecule has 381 valence electrons. The highest BCUT2D eigenvalue weighted by Gasteiger charge is 2.47. The first kappa shape index (κ1) is 56.1. The second-order valence-electron chi connectivity index (χ2n) is 21.7. The fraction of sp³-hybridized carbons (Fsp3) is 0.623. The van der Waals surface area contributed by atoms with Crippen molar-refractivity contribution < 1.29 is 43.4 Å². The van der Waals surface area contributed by atoms with Crippen molar-refractivity contribution >= 4 is 35.8 Å². The lowest BCUT2D eigenvalue weighted by Gasteiger charge is -2.50. The highest BCUT2D eigenvalue weighted by molar-refractivity contribution is 5.95. The molecule has 0 saturated carbocycles. The monoisotopic (exact) mass is 959 g/mol. The molecule has 5 atom stereocenters. The molecule has 1 radical (unpaired) electrons. The molecule has 2 aliphatic heterocycles. The fourth-order valence-electron chi connectivity index (χ4n) is 9.30. The SMILES string of the molecule is CC(C)C[C@@H](C=C[C@H](Cc1ccccc1)C(=O)N1CCC[C@H]1C(=O)N[C@H](C(=O)N[C@@H](CCCNC(=O)OCc1ccccc1)C(=O)NC1CC(C)(C)N([O])C(C)(C)C1)C(C)C)NC(=O)OC(C)(C)C. The molecule has 69 heavy (non-hydrogen) atoms. The zero-order valence-electron chi connectivity index (χ0n) is 42.9. The van der Waals surface area contributed by atoms with Gasteiger partial charge in [0.15, 0.2) is 0 Å². The maximum absolute atomic E-state index is 14.6. The Hall–Kier alpha value is -5.48. The Balaban J connectivity index is 1.50. The van der Waals surface area contributed by atoms with E-state index >= 15 is 0 Å². The molecule has 16 heteroatoms. The van der Waals surface area contributed by atoms with Crippen molar-refractivity contribution in [3.8, 4) is 0 Å². The number of amides is 6. The maximum atomic E-state index is 14.6. The van der Waals surface area contributed by atoms with Crippen molar-refractivity contribution in [2.45, 2.75) is 181 Å². The van der Waals surface area contributed by atoms with Gasteiger partial charge in [0, 0.05) is 30.2 Å². The standard InChI is InChI=1S/C53H80N7O9/c1-35(2)30-40(56-50(66)69-51(5,6)7)27-26-39(31-37-20-14-12-15-21-37)48(64)59-29-19-25-43(59)46(62)58-44(36(3)4)47(63)57-42(24-18-28-54-49(65)68-34-38-22-16-13-17-23-38)45(61)55-41-32-52(8,9)60(67)53(10,11)33-41/h12-17,20-23,26-27,35-36,39-44H,18-19,24-25,28-34H2,1-11H3,(H,54,65)(H,55,61)(H,56,66)(H,57,63)(H,58,62)/t39-,40-,42+,43+,44+/m1/s1. The van der Waals surface area contributed by atoms with Gasteiger partial charge in [0.25, 0.3) is 0 Å². The van der Waals surface area contributed by atoms with Gasteiger partial charge in [0.2, 0.25) is 23.6 Å². The van der Waals surface area contributed by atoms with Crippen LogP contribution in [0, 0.1) is 17.8 Å². The number of carbonyl (C=O) groups excluding carboxylic acids is 6. The van der Waals surface area contributed by atoms with Crippen LogP contribution < -0.4 is 26.6 Å². The predicted octanol–water partition coefficient (Wildman–Crippen LogP) is 7.15. The van der Waals surface area contributed by atoms with Crippen LogP contribution in [0.25, 0.3) is 0 Å². The Morgan fingerprint density at radius 3 is 1.99 bits per heavy atom. The van der Waals surface area contributed by atoms with E-state index in [-0.39, 0.29) is 37.4 Å². The number of hydroxylamine groups is 2. The molecule has 16 nitrogen and oxygen atoms in total. The summed E-state index contributed by atoms with van der Waals surface area (Å²) >= 11 is 0. The van der Waals surface area contributed by atoms with Crippen molar-refractivity contribution in [2.75, 3.05) is 13.1 Å². The zero-order valence-corrected chi connectivity index (χ0v) is 42.9. The Labute approximate surface area is 410 Å². The summed E-state index contributed by atoms with van der Waals surface area (Å²) in [6.07, 6.45) is 5.66. The summed E-state index contributed by atoms with van der Waals surface area (Å²) in [5.74, 6) is -2.59. The molecule has 6 amide bonds. The number of hydrogen-bond acceptors (Lipinski definition) is 9. The van der Waals surface area contributed by atoms with Gasteiger partial charge in [-0.25, -0.2) is 9.59 Å². The highest BCUT2D eigenvalue weighted by atomic mass is 16.6. The van der Waals surface area contributed by atoms with Gasteiger partial charge in [-0.3, -0.25) is 19.2 Å². The highest BCUT2D eigenvalue weighted by Crippen LogP contribution is 2.37. The number of ether oxygens (including phenoxy) is 2. The number of benzene rings is 2. The Kier molecular flexibility index (Phi) is 20.7. The van der Waals surface area contributed by atoms with E-state index in [1.165, 1.54) is 0 Å². The third-order valence-corrected chi connectivity index (χ3v) is 12.4. The van der Waals surface area contributed by atoms with Gasteiger partial charge in [-0.1, -0.05) is 101 Å². The van der Waals surface area contributed by atoms with E-state index in [1.54, 1.807) is 39.5 Å². The molecule has 2 fully saturated rings. The fourth-order valence-corrected chi connectivity index (χ4v) is 9.30. The molecule has 2 aromatic carbocycles.